The van der Waals surface area contributed by atoms with Crippen molar-refractivity contribution in [3.05, 3.63) is 65.2 Å². The zero-order valence-corrected chi connectivity index (χ0v) is 20.2. The fourth-order valence-corrected chi connectivity index (χ4v) is 5.66. The molecule has 0 saturated carbocycles. The predicted molar refractivity (Wildman–Crippen MR) is 129 cm³/mol. The topological polar surface area (TPSA) is 81.4 Å². The summed E-state index contributed by atoms with van der Waals surface area (Å²) >= 11 is 2.94. The van der Waals surface area contributed by atoms with Crippen LogP contribution in [0.1, 0.15) is 42.7 Å². The van der Waals surface area contributed by atoms with Gasteiger partial charge in [0.05, 0.1) is 21.0 Å². The molecule has 2 unspecified atom stereocenters. The van der Waals surface area contributed by atoms with E-state index in [1.807, 2.05) is 23.1 Å². The molecule has 7 nitrogen and oxygen atoms in total. The van der Waals surface area contributed by atoms with Crippen LogP contribution < -0.4 is 4.74 Å². The summed E-state index contributed by atoms with van der Waals surface area (Å²) in [6.07, 6.45) is 1.50. The lowest BCUT2D eigenvalue weighted by Gasteiger charge is -2.31. The van der Waals surface area contributed by atoms with Crippen molar-refractivity contribution in [3.63, 3.8) is 0 Å². The van der Waals surface area contributed by atoms with Crippen molar-refractivity contribution in [1.29, 1.82) is 0 Å². The SMILES string of the molecule is CC(Oc1ccc(F)cc1)c1nnc(SCC(=O)N2CCCC(c3nc4ccccc4s3)C2)o1. The number of aromatic nitrogens is 3. The van der Waals surface area contributed by atoms with Gasteiger partial charge in [-0.25, -0.2) is 9.37 Å². The van der Waals surface area contributed by atoms with Gasteiger partial charge in [-0.2, -0.15) is 0 Å². The van der Waals surface area contributed by atoms with Gasteiger partial charge in [0.1, 0.15) is 11.6 Å². The van der Waals surface area contributed by atoms with E-state index in [9.17, 15) is 9.18 Å². The summed E-state index contributed by atoms with van der Waals surface area (Å²) < 4.78 is 25.6. The van der Waals surface area contributed by atoms with Crippen molar-refractivity contribution in [2.75, 3.05) is 18.8 Å². The maximum atomic E-state index is 13.1. The Morgan fingerprint density at radius 1 is 1.26 bits per heavy atom. The molecule has 1 aliphatic rings. The number of para-hydroxylation sites is 1. The van der Waals surface area contributed by atoms with Gasteiger partial charge in [0, 0.05) is 19.0 Å². The highest BCUT2D eigenvalue weighted by molar-refractivity contribution is 7.99. The Hall–Kier alpha value is -2.98. The van der Waals surface area contributed by atoms with E-state index in [-0.39, 0.29) is 23.4 Å². The number of carbonyl (C=O) groups is 1. The molecule has 1 saturated heterocycles. The molecule has 1 aliphatic heterocycles. The first-order valence-corrected chi connectivity index (χ1v) is 12.9. The van der Waals surface area contributed by atoms with E-state index >= 15 is 0 Å². The summed E-state index contributed by atoms with van der Waals surface area (Å²) in [5.74, 6) is 1.01. The summed E-state index contributed by atoms with van der Waals surface area (Å²) in [7, 11) is 0. The van der Waals surface area contributed by atoms with E-state index in [0.717, 1.165) is 29.9 Å². The first kappa shape index (κ1) is 22.8. The van der Waals surface area contributed by atoms with Gasteiger partial charge in [-0.1, -0.05) is 23.9 Å². The molecule has 34 heavy (non-hydrogen) atoms. The maximum absolute atomic E-state index is 13.1. The number of carbonyl (C=O) groups excluding carboxylic acids is 1. The number of halogens is 1. The van der Waals surface area contributed by atoms with Crippen LogP contribution in [0, 0.1) is 5.82 Å². The quantitative estimate of drug-likeness (QED) is 0.313. The standard InChI is InChI=1S/C24H23FN4O3S2/c1-15(31-18-10-8-17(25)9-11-18)22-27-28-24(32-22)33-14-21(30)29-12-4-5-16(13-29)23-26-19-6-2-3-7-20(19)34-23/h2-3,6-11,15-16H,4-5,12-14H2,1H3. The lowest BCUT2D eigenvalue weighted by atomic mass is 9.99. The van der Waals surface area contributed by atoms with Crippen molar-refractivity contribution >= 4 is 39.2 Å². The van der Waals surface area contributed by atoms with Crippen molar-refractivity contribution < 1.29 is 18.3 Å². The number of nitrogens with zero attached hydrogens (tertiary/aromatic N) is 4. The summed E-state index contributed by atoms with van der Waals surface area (Å²) in [5.41, 5.74) is 1.02. The van der Waals surface area contributed by atoms with Crippen LogP contribution in [0.25, 0.3) is 10.2 Å². The van der Waals surface area contributed by atoms with Crippen molar-refractivity contribution in [2.45, 2.75) is 37.0 Å². The van der Waals surface area contributed by atoms with Gasteiger partial charge in [-0.15, -0.1) is 21.5 Å². The Labute approximate surface area is 204 Å². The molecule has 5 rings (SSSR count). The molecule has 2 atom stereocenters. The van der Waals surface area contributed by atoms with Gasteiger partial charge in [-0.3, -0.25) is 4.79 Å². The zero-order valence-electron chi connectivity index (χ0n) is 18.5. The Balaban J connectivity index is 1.15. The predicted octanol–water partition coefficient (Wildman–Crippen LogP) is 5.46. The summed E-state index contributed by atoms with van der Waals surface area (Å²) in [6, 6.07) is 13.9. The minimum Gasteiger partial charge on any atom is -0.481 e. The number of thiazole rings is 1. The second kappa shape index (κ2) is 10.1. The van der Waals surface area contributed by atoms with Crippen LogP contribution in [-0.4, -0.2) is 44.8 Å². The number of piperidine rings is 1. The fourth-order valence-electron chi connectivity index (χ4n) is 3.90. The normalized spacial score (nSPS) is 17.1. The van der Waals surface area contributed by atoms with Crippen LogP contribution in [0.4, 0.5) is 4.39 Å². The number of ether oxygens (including phenoxy) is 1. The molecular weight excluding hydrogens is 475 g/mol. The van der Waals surface area contributed by atoms with Gasteiger partial charge < -0.3 is 14.1 Å². The third-order valence-electron chi connectivity index (χ3n) is 5.65. The Kier molecular flexibility index (Phi) is 6.77. The molecule has 2 aromatic heterocycles. The second-order valence-electron chi connectivity index (χ2n) is 8.11. The number of hydrogen-bond acceptors (Lipinski definition) is 8. The smallest absolute Gasteiger partial charge is 0.277 e. The summed E-state index contributed by atoms with van der Waals surface area (Å²) in [5, 5.41) is 9.47. The molecule has 1 amide bonds. The first-order valence-electron chi connectivity index (χ1n) is 11.1. The van der Waals surface area contributed by atoms with E-state index in [4.69, 9.17) is 14.1 Å². The number of amides is 1. The third-order valence-corrected chi connectivity index (χ3v) is 7.65. The number of thioether (sulfide) groups is 1. The van der Waals surface area contributed by atoms with Crippen LogP contribution in [0.5, 0.6) is 5.75 Å². The van der Waals surface area contributed by atoms with E-state index in [1.54, 1.807) is 18.3 Å². The molecule has 0 aliphatic carbocycles. The first-order chi connectivity index (χ1) is 16.5. The van der Waals surface area contributed by atoms with Gasteiger partial charge in [0.25, 0.3) is 11.1 Å². The van der Waals surface area contributed by atoms with Crippen LogP contribution >= 0.6 is 23.1 Å². The molecule has 2 aromatic carbocycles. The largest absolute Gasteiger partial charge is 0.481 e. The average molecular weight is 499 g/mol. The van der Waals surface area contributed by atoms with Crippen molar-refractivity contribution in [1.82, 2.24) is 20.1 Å². The molecular formula is C24H23FN4O3S2. The third kappa shape index (κ3) is 5.23. The van der Waals surface area contributed by atoms with E-state index in [0.29, 0.717) is 23.4 Å². The molecule has 0 radical (unpaired) electrons. The molecule has 1 fully saturated rings. The molecule has 0 N–H and O–H groups in total. The molecule has 176 valence electrons. The van der Waals surface area contributed by atoms with Crippen molar-refractivity contribution in [3.8, 4) is 5.75 Å². The van der Waals surface area contributed by atoms with Crippen molar-refractivity contribution in [2.24, 2.45) is 0 Å². The zero-order chi connectivity index (χ0) is 23.5. The summed E-state index contributed by atoms with van der Waals surface area (Å²) in [6.45, 7) is 3.20. The molecule has 0 bridgehead atoms. The van der Waals surface area contributed by atoms with E-state index in [2.05, 4.69) is 16.3 Å². The van der Waals surface area contributed by atoms with Crippen LogP contribution in [-0.2, 0) is 4.79 Å². The van der Waals surface area contributed by atoms with Gasteiger partial charge in [0.2, 0.25) is 5.91 Å². The highest BCUT2D eigenvalue weighted by Gasteiger charge is 2.27. The molecule has 10 heteroatoms. The number of rotatable bonds is 7. The molecule has 0 spiro atoms. The monoisotopic (exact) mass is 498 g/mol. The number of fused-ring (bicyclic) bond motifs is 1. The van der Waals surface area contributed by atoms with Gasteiger partial charge >= 0.3 is 0 Å². The Bertz CT molecular complexity index is 1240. The lowest BCUT2D eigenvalue weighted by Crippen LogP contribution is -2.40. The Morgan fingerprint density at radius 2 is 2.09 bits per heavy atom. The lowest BCUT2D eigenvalue weighted by molar-refractivity contribution is -0.129. The highest BCUT2D eigenvalue weighted by atomic mass is 32.2. The van der Waals surface area contributed by atoms with Crippen LogP contribution in [0.3, 0.4) is 0 Å². The van der Waals surface area contributed by atoms with Crippen LogP contribution in [0.15, 0.2) is 58.2 Å². The minimum absolute atomic E-state index is 0.0474. The fraction of sp³-hybridized carbons (Fsp3) is 0.333. The van der Waals surface area contributed by atoms with Gasteiger partial charge in [0.15, 0.2) is 6.10 Å². The highest BCUT2D eigenvalue weighted by Crippen LogP contribution is 2.33. The average Bonchev–Trinajstić information content (AvgIpc) is 3.51. The van der Waals surface area contributed by atoms with E-state index < -0.39 is 6.10 Å². The van der Waals surface area contributed by atoms with Crippen LogP contribution in [0.2, 0.25) is 0 Å². The second-order valence-corrected chi connectivity index (χ2v) is 10.1. The minimum atomic E-state index is -0.500. The van der Waals surface area contributed by atoms with Gasteiger partial charge in [-0.05, 0) is 56.2 Å². The number of likely N-dealkylation sites (tertiary alicyclic amines) is 1. The van der Waals surface area contributed by atoms with E-state index in [1.165, 1.54) is 40.7 Å². The summed E-state index contributed by atoms with van der Waals surface area (Å²) in [4.78, 5) is 19.6. The maximum Gasteiger partial charge on any atom is 0.277 e. The number of hydrogen-bond donors (Lipinski definition) is 0. The molecule has 3 heterocycles. The molecule has 4 aromatic rings. The Morgan fingerprint density at radius 3 is 2.91 bits per heavy atom. The number of benzene rings is 2.